The molecule has 0 aromatic heterocycles. The molecule has 0 saturated carbocycles. The summed E-state index contributed by atoms with van der Waals surface area (Å²) < 4.78 is 41.7. The minimum atomic E-state index is -4.17. The molecule has 0 heterocycles. The van der Waals surface area contributed by atoms with Crippen molar-refractivity contribution in [2.45, 2.75) is 51.3 Å². The van der Waals surface area contributed by atoms with Crippen molar-refractivity contribution in [1.82, 2.24) is 0 Å². The first-order valence-electron chi connectivity index (χ1n) is 6.77. The largest absolute Gasteiger partial charge is 0.494 e. The Labute approximate surface area is 117 Å². The zero-order valence-corrected chi connectivity index (χ0v) is 11.8. The van der Waals surface area contributed by atoms with Crippen LogP contribution in [0, 0.1) is 0 Å². The number of hydrogen-bond acceptors (Lipinski definition) is 2. The Kier molecular flexibility index (Phi) is 5.87. The van der Waals surface area contributed by atoms with Crippen molar-refractivity contribution < 1.29 is 23.0 Å². The Balaban J connectivity index is 2.58. The van der Waals surface area contributed by atoms with Crippen LogP contribution in [0.2, 0.25) is 0 Å². The number of ether oxygens (including phenoxy) is 1. The topological polar surface area (TPSA) is 29.5 Å². The lowest BCUT2D eigenvalue weighted by molar-refractivity contribution is -0.137. The second-order valence-corrected chi connectivity index (χ2v) is 5.12. The summed E-state index contributed by atoms with van der Waals surface area (Å²) in [6, 6.07) is 6.84. The smallest absolute Gasteiger partial charge is 0.389 e. The van der Waals surface area contributed by atoms with Crippen molar-refractivity contribution in [1.29, 1.82) is 0 Å². The highest BCUT2D eigenvalue weighted by Crippen LogP contribution is 2.31. The van der Waals surface area contributed by atoms with Gasteiger partial charge in [0.1, 0.15) is 5.75 Å². The van der Waals surface area contributed by atoms with Gasteiger partial charge in [0.05, 0.1) is 12.2 Å². The third kappa shape index (κ3) is 5.82. The summed E-state index contributed by atoms with van der Waals surface area (Å²) in [6.45, 7) is 4.15. The minimum Gasteiger partial charge on any atom is -0.494 e. The molecule has 1 N–H and O–H groups in total. The number of aliphatic hydroxyl groups is 1. The number of benzene rings is 1. The monoisotopic (exact) mass is 290 g/mol. The maximum absolute atomic E-state index is 12.1. The summed E-state index contributed by atoms with van der Waals surface area (Å²) >= 11 is 0. The molecule has 0 bridgehead atoms. The van der Waals surface area contributed by atoms with Gasteiger partial charge in [-0.3, -0.25) is 0 Å². The van der Waals surface area contributed by atoms with E-state index in [0.29, 0.717) is 17.9 Å². The molecule has 5 heteroatoms. The van der Waals surface area contributed by atoms with Gasteiger partial charge < -0.3 is 9.84 Å². The minimum absolute atomic E-state index is 0.0711. The fraction of sp³-hybridized carbons (Fsp3) is 0.600. The van der Waals surface area contributed by atoms with Gasteiger partial charge in [0.2, 0.25) is 0 Å². The fourth-order valence-corrected chi connectivity index (χ4v) is 1.91. The van der Waals surface area contributed by atoms with E-state index in [0.717, 1.165) is 6.42 Å². The molecule has 0 saturated heterocycles. The molecule has 2 nitrogen and oxygen atoms in total. The molecule has 0 radical (unpaired) electrons. The van der Waals surface area contributed by atoms with E-state index >= 15 is 0 Å². The SMILES string of the molecule is CCCOc1ccc(C(C)(O)CCCC(F)(F)F)cc1. The predicted molar refractivity (Wildman–Crippen MR) is 71.7 cm³/mol. The summed E-state index contributed by atoms with van der Waals surface area (Å²) in [7, 11) is 0. The van der Waals surface area contributed by atoms with Gasteiger partial charge in [0, 0.05) is 6.42 Å². The van der Waals surface area contributed by atoms with E-state index in [1.165, 1.54) is 6.92 Å². The molecule has 0 fully saturated rings. The second-order valence-electron chi connectivity index (χ2n) is 5.12. The average molecular weight is 290 g/mol. The number of halogens is 3. The van der Waals surface area contributed by atoms with Gasteiger partial charge in [-0.15, -0.1) is 0 Å². The third-order valence-electron chi connectivity index (χ3n) is 3.07. The Morgan fingerprint density at radius 2 is 1.70 bits per heavy atom. The van der Waals surface area contributed by atoms with E-state index in [2.05, 4.69) is 0 Å². The van der Waals surface area contributed by atoms with Crippen LogP contribution in [0.4, 0.5) is 13.2 Å². The highest BCUT2D eigenvalue weighted by Gasteiger charge is 2.29. The summed E-state index contributed by atoms with van der Waals surface area (Å²) in [5.41, 5.74) is -0.655. The van der Waals surface area contributed by atoms with Gasteiger partial charge in [-0.1, -0.05) is 19.1 Å². The molecule has 0 aliphatic heterocycles. The maximum Gasteiger partial charge on any atom is 0.389 e. The van der Waals surface area contributed by atoms with Gasteiger partial charge >= 0.3 is 6.18 Å². The first kappa shape index (κ1) is 16.8. The van der Waals surface area contributed by atoms with Crippen LogP contribution >= 0.6 is 0 Å². The summed E-state index contributed by atoms with van der Waals surface area (Å²) in [6.07, 6.45) is -4.17. The normalized spacial score (nSPS) is 14.9. The second kappa shape index (κ2) is 6.97. The number of alkyl halides is 3. The van der Waals surface area contributed by atoms with E-state index in [4.69, 9.17) is 4.74 Å². The summed E-state index contributed by atoms with van der Waals surface area (Å²) in [5.74, 6) is 0.696. The predicted octanol–water partition coefficient (Wildman–Crippen LogP) is 4.42. The zero-order valence-electron chi connectivity index (χ0n) is 11.8. The van der Waals surface area contributed by atoms with Crippen molar-refractivity contribution in [2.24, 2.45) is 0 Å². The molecule has 20 heavy (non-hydrogen) atoms. The lowest BCUT2D eigenvalue weighted by Crippen LogP contribution is -2.22. The Morgan fingerprint density at radius 3 is 2.20 bits per heavy atom. The van der Waals surface area contributed by atoms with Crippen LogP contribution in [0.1, 0.15) is 45.1 Å². The molecule has 1 aromatic carbocycles. The van der Waals surface area contributed by atoms with Crippen LogP contribution in [-0.4, -0.2) is 17.9 Å². The van der Waals surface area contributed by atoms with E-state index in [1.807, 2.05) is 6.92 Å². The van der Waals surface area contributed by atoms with Crippen LogP contribution in [0.25, 0.3) is 0 Å². The van der Waals surface area contributed by atoms with Crippen molar-refractivity contribution >= 4 is 0 Å². The maximum atomic E-state index is 12.1. The highest BCUT2D eigenvalue weighted by atomic mass is 19.4. The van der Waals surface area contributed by atoms with Crippen molar-refractivity contribution in [2.75, 3.05) is 6.61 Å². The van der Waals surface area contributed by atoms with Crippen molar-refractivity contribution in [3.63, 3.8) is 0 Å². The zero-order chi connectivity index (χ0) is 15.2. The molecule has 114 valence electrons. The van der Waals surface area contributed by atoms with Crippen molar-refractivity contribution in [3.8, 4) is 5.75 Å². The molecule has 1 unspecified atom stereocenters. The molecule has 0 amide bonds. The van der Waals surface area contributed by atoms with Gasteiger partial charge in [-0.25, -0.2) is 0 Å². The summed E-state index contributed by atoms with van der Waals surface area (Å²) in [4.78, 5) is 0. The average Bonchev–Trinajstić information content (AvgIpc) is 2.35. The van der Waals surface area contributed by atoms with E-state index < -0.39 is 18.2 Å². The first-order valence-corrected chi connectivity index (χ1v) is 6.77. The van der Waals surface area contributed by atoms with Crippen LogP contribution in [0.15, 0.2) is 24.3 Å². The highest BCUT2D eigenvalue weighted by molar-refractivity contribution is 5.30. The number of rotatable bonds is 7. The van der Waals surface area contributed by atoms with Gasteiger partial charge in [0.15, 0.2) is 0 Å². The van der Waals surface area contributed by atoms with Crippen LogP contribution < -0.4 is 4.74 Å². The Morgan fingerprint density at radius 1 is 1.10 bits per heavy atom. The molecular weight excluding hydrogens is 269 g/mol. The Bertz CT molecular complexity index is 397. The first-order chi connectivity index (χ1) is 9.24. The van der Waals surface area contributed by atoms with Gasteiger partial charge in [-0.05, 0) is 43.9 Å². The molecular formula is C15H21F3O2. The quantitative estimate of drug-likeness (QED) is 0.805. The van der Waals surface area contributed by atoms with Crippen LogP contribution in [-0.2, 0) is 5.60 Å². The fourth-order valence-electron chi connectivity index (χ4n) is 1.91. The van der Waals surface area contributed by atoms with Crippen LogP contribution in [0.5, 0.6) is 5.75 Å². The Hall–Kier alpha value is -1.23. The van der Waals surface area contributed by atoms with E-state index in [-0.39, 0.29) is 12.8 Å². The number of hydrogen-bond donors (Lipinski definition) is 1. The summed E-state index contributed by atoms with van der Waals surface area (Å²) in [5, 5.41) is 10.2. The molecule has 1 atom stereocenters. The van der Waals surface area contributed by atoms with Gasteiger partial charge in [0.25, 0.3) is 0 Å². The van der Waals surface area contributed by atoms with E-state index in [1.54, 1.807) is 24.3 Å². The molecule has 0 aliphatic rings. The van der Waals surface area contributed by atoms with E-state index in [9.17, 15) is 18.3 Å². The lowest BCUT2D eigenvalue weighted by atomic mass is 9.90. The molecule has 1 aromatic rings. The lowest BCUT2D eigenvalue weighted by Gasteiger charge is -2.24. The van der Waals surface area contributed by atoms with Crippen molar-refractivity contribution in [3.05, 3.63) is 29.8 Å². The van der Waals surface area contributed by atoms with Crippen LogP contribution in [0.3, 0.4) is 0 Å². The molecule has 0 aliphatic carbocycles. The molecule has 1 rings (SSSR count). The van der Waals surface area contributed by atoms with Gasteiger partial charge in [-0.2, -0.15) is 13.2 Å². The standard InChI is InChI=1S/C15H21F3O2/c1-3-11-20-13-7-5-12(6-8-13)14(2,19)9-4-10-15(16,17)18/h5-8,19H,3-4,9-11H2,1-2H3. The third-order valence-corrected chi connectivity index (χ3v) is 3.07. The molecule has 0 spiro atoms.